The van der Waals surface area contributed by atoms with Crippen molar-refractivity contribution in [3.8, 4) is 0 Å². The van der Waals surface area contributed by atoms with Crippen LogP contribution in [0.15, 0.2) is 42.6 Å². The van der Waals surface area contributed by atoms with Crippen molar-refractivity contribution in [2.75, 3.05) is 12.1 Å². The summed E-state index contributed by atoms with van der Waals surface area (Å²) in [6, 6.07) is 7.94. The number of benzene rings is 1. The third-order valence-corrected chi connectivity index (χ3v) is 3.02. The van der Waals surface area contributed by atoms with E-state index in [2.05, 4.69) is 20.5 Å². The van der Waals surface area contributed by atoms with Crippen molar-refractivity contribution >= 4 is 27.6 Å². The van der Waals surface area contributed by atoms with Crippen molar-refractivity contribution in [2.24, 2.45) is 0 Å². The van der Waals surface area contributed by atoms with Gasteiger partial charge in [-0.1, -0.05) is 18.2 Å². The summed E-state index contributed by atoms with van der Waals surface area (Å²) in [4.78, 5) is 4.58. The lowest BCUT2D eigenvalue weighted by Gasteiger charge is -2.07. The van der Waals surface area contributed by atoms with Crippen LogP contribution in [0.1, 0.15) is 0 Å². The molecule has 0 saturated carbocycles. The van der Waals surface area contributed by atoms with Gasteiger partial charge in [0.1, 0.15) is 11.8 Å². The minimum Gasteiger partial charge on any atom is -0.459 e. The van der Waals surface area contributed by atoms with Crippen LogP contribution < -0.4 is 5.32 Å². The van der Waals surface area contributed by atoms with Crippen LogP contribution in [0.25, 0.3) is 21.8 Å². The highest BCUT2D eigenvalue weighted by atomic mass is 16.7. The van der Waals surface area contributed by atoms with E-state index in [0.717, 1.165) is 21.8 Å². The number of ether oxygens (including phenoxy) is 2. The molecule has 94 valence electrons. The highest BCUT2D eigenvalue weighted by molar-refractivity contribution is 6.08. The van der Waals surface area contributed by atoms with Gasteiger partial charge < -0.3 is 14.8 Å². The number of pyridine rings is 1. The second kappa shape index (κ2) is 3.88. The zero-order valence-corrected chi connectivity index (χ0v) is 9.88. The first-order valence-electron chi connectivity index (χ1n) is 5.85. The predicted octanol–water partition coefficient (Wildman–Crippen LogP) is 2.33. The number of aromatic amines is 1. The molecule has 0 saturated heterocycles. The minimum atomic E-state index is 0.224. The Kier molecular flexibility index (Phi) is 2.08. The molecular weight excluding hydrogens is 244 g/mol. The van der Waals surface area contributed by atoms with Gasteiger partial charge in [0, 0.05) is 10.8 Å². The van der Waals surface area contributed by atoms with Crippen molar-refractivity contribution in [1.82, 2.24) is 15.2 Å². The van der Waals surface area contributed by atoms with Gasteiger partial charge in [0.05, 0.1) is 11.7 Å². The maximum Gasteiger partial charge on any atom is 0.232 e. The Morgan fingerprint density at radius 1 is 1.21 bits per heavy atom. The highest BCUT2D eigenvalue weighted by Gasteiger charge is 2.13. The van der Waals surface area contributed by atoms with Crippen LogP contribution >= 0.6 is 0 Å². The molecule has 0 fully saturated rings. The van der Waals surface area contributed by atoms with Crippen LogP contribution in [-0.2, 0) is 9.47 Å². The Morgan fingerprint density at radius 3 is 3.05 bits per heavy atom. The van der Waals surface area contributed by atoms with Crippen LogP contribution in [0.5, 0.6) is 0 Å². The summed E-state index contributed by atoms with van der Waals surface area (Å²) in [6.07, 6.45) is 3.32. The van der Waals surface area contributed by atoms with Crippen LogP contribution in [0.2, 0.25) is 0 Å². The van der Waals surface area contributed by atoms with E-state index < -0.39 is 0 Å². The number of H-pyrrole nitrogens is 1. The first-order chi connectivity index (χ1) is 9.42. The number of hydrogen-bond donors (Lipinski definition) is 2. The maximum absolute atomic E-state index is 5.25. The fraction of sp³-hybridized carbons (Fsp3) is 0.0769. The Morgan fingerprint density at radius 2 is 2.16 bits per heavy atom. The van der Waals surface area contributed by atoms with E-state index >= 15 is 0 Å². The standard InChI is InChI=1S/C13H10N4O2/c1-2-4-10-8(3-1)9-5-14-17-12(9)13(15-10)16-11-6-18-7-19-11/h1-6H,7H2,(H,14,17)(H,15,16). The van der Waals surface area contributed by atoms with Gasteiger partial charge in [-0.15, -0.1) is 0 Å². The van der Waals surface area contributed by atoms with Gasteiger partial charge in [-0.3, -0.25) is 5.10 Å². The van der Waals surface area contributed by atoms with Crippen molar-refractivity contribution < 1.29 is 9.47 Å². The van der Waals surface area contributed by atoms with Gasteiger partial charge in [-0.25, -0.2) is 4.98 Å². The van der Waals surface area contributed by atoms with E-state index in [1.807, 2.05) is 24.3 Å². The molecule has 1 aliphatic rings. The number of rotatable bonds is 2. The molecule has 3 heterocycles. The molecule has 2 aromatic heterocycles. The summed E-state index contributed by atoms with van der Waals surface area (Å²) in [6.45, 7) is 0.224. The molecule has 0 radical (unpaired) electrons. The average Bonchev–Trinajstić information content (AvgIpc) is 3.09. The lowest BCUT2D eigenvalue weighted by atomic mass is 10.1. The molecule has 3 aromatic rings. The smallest absolute Gasteiger partial charge is 0.232 e. The van der Waals surface area contributed by atoms with Crippen LogP contribution in [0.4, 0.5) is 5.82 Å². The molecule has 0 spiro atoms. The molecule has 6 heteroatoms. The zero-order chi connectivity index (χ0) is 12.7. The molecule has 0 atom stereocenters. The van der Waals surface area contributed by atoms with Gasteiger partial charge in [0.25, 0.3) is 0 Å². The van der Waals surface area contributed by atoms with Gasteiger partial charge in [0.15, 0.2) is 5.82 Å². The summed E-state index contributed by atoms with van der Waals surface area (Å²) < 4.78 is 10.3. The third-order valence-electron chi connectivity index (χ3n) is 3.02. The number of fused-ring (bicyclic) bond motifs is 3. The predicted molar refractivity (Wildman–Crippen MR) is 70.1 cm³/mol. The summed E-state index contributed by atoms with van der Waals surface area (Å²) in [5.74, 6) is 1.21. The Bertz CT molecular complexity index is 794. The molecule has 0 aliphatic carbocycles. The molecule has 6 nitrogen and oxygen atoms in total. The van der Waals surface area contributed by atoms with Crippen LogP contribution in [-0.4, -0.2) is 22.0 Å². The Hall–Kier alpha value is -2.76. The summed E-state index contributed by atoms with van der Waals surface area (Å²) in [5.41, 5.74) is 1.74. The number of hydrogen-bond acceptors (Lipinski definition) is 5. The van der Waals surface area contributed by atoms with Crippen molar-refractivity contribution in [3.63, 3.8) is 0 Å². The summed E-state index contributed by atoms with van der Waals surface area (Å²) in [7, 11) is 0. The second-order valence-electron chi connectivity index (χ2n) is 4.17. The topological polar surface area (TPSA) is 72.1 Å². The van der Waals surface area contributed by atoms with E-state index in [1.165, 1.54) is 6.26 Å². The summed E-state index contributed by atoms with van der Waals surface area (Å²) in [5, 5.41) is 12.2. The SMILES string of the molecule is C1=C(Nc2nc3ccccc3c3cn[nH]c23)OCO1. The van der Waals surface area contributed by atoms with Gasteiger partial charge in [-0.2, -0.15) is 5.10 Å². The molecule has 0 amide bonds. The van der Waals surface area contributed by atoms with Crippen LogP contribution in [0, 0.1) is 0 Å². The molecule has 1 aromatic carbocycles. The molecule has 2 N–H and O–H groups in total. The Balaban J connectivity index is 1.94. The number of anilines is 1. The fourth-order valence-electron chi connectivity index (χ4n) is 2.16. The van der Waals surface area contributed by atoms with E-state index in [4.69, 9.17) is 9.47 Å². The Labute approximate surface area is 108 Å². The number of nitrogens with zero attached hydrogens (tertiary/aromatic N) is 2. The first-order valence-corrected chi connectivity index (χ1v) is 5.85. The molecule has 0 bridgehead atoms. The largest absolute Gasteiger partial charge is 0.459 e. The quantitative estimate of drug-likeness (QED) is 0.734. The highest BCUT2D eigenvalue weighted by Crippen LogP contribution is 2.28. The van der Waals surface area contributed by atoms with Crippen molar-refractivity contribution in [2.45, 2.75) is 0 Å². The number of aromatic nitrogens is 3. The van der Waals surface area contributed by atoms with Gasteiger partial charge >= 0.3 is 0 Å². The van der Waals surface area contributed by atoms with Crippen LogP contribution in [0.3, 0.4) is 0 Å². The zero-order valence-electron chi connectivity index (χ0n) is 9.88. The van der Waals surface area contributed by atoms with Crippen molar-refractivity contribution in [3.05, 3.63) is 42.6 Å². The lowest BCUT2D eigenvalue weighted by molar-refractivity contribution is 0.0823. The molecular formula is C13H10N4O2. The first kappa shape index (κ1) is 10.2. The third kappa shape index (κ3) is 1.57. The van der Waals surface area contributed by atoms with Crippen molar-refractivity contribution in [1.29, 1.82) is 0 Å². The molecule has 1 aliphatic heterocycles. The van der Waals surface area contributed by atoms with E-state index in [0.29, 0.717) is 11.7 Å². The lowest BCUT2D eigenvalue weighted by Crippen LogP contribution is -2.02. The molecule has 4 rings (SSSR count). The normalized spacial score (nSPS) is 14.2. The fourth-order valence-corrected chi connectivity index (χ4v) is 2.16. The van der Waals surface area contributed by atoms with E-state index in [9.17, 15) is 0 Å². The van der Waals surface area contributed by atoms with E-state index in [-0.39, 0.29) is 6.79 Å². The minimum absolute atomic E-state index is 0.224. The second-order valence-corrected chi connectivity index (χ2v) is 4.17. The number of nitrogens with one attached hydrogen (secondary N) is 2. The average molecular weight is 254 g/mol. The maximum atomic E-state index is 5.25. The molecule has 0 unspecified atom stereocenters. The van der Waals surface area contributed by atoms with Gasteiger partial charge in [-0.05, 0) is 6.07 Å². The van der Waals surface area contributed by atoms with Gasteiger partial charge in [0.2, 0.25) is 12.7 Å². The number of para-hydroxylation sites is 1. The summed E-state index contributed by atoms with van der Waals surface area (Å²) >= 11 is 0. The monoisotopic (exact) mass is 254 g/mol. The van der Waals surface area contributed by atoms with E-state index in [1.54, 1.807) is 6.20 Å². The molecule has 19 heavy (non-hydrogen) atoms.